The summed E-state index contributed by atoms with van der Waals surface area (Å²) in [4.78, 5) is 46.1. The number of hydrogen-bond donors (Lipinski definition) is 3. The lowest BCUT2D eigenvalue weighted by Crippen LogP contribution is -2.65. The second kappa shape index (κ2) is 8.04. The molecule has 1 heterocycles. The molecule has 10 heteroatoms. The molecule has 144 valence electrons. The SMILES string of the molecule is CC(O)C1C(=O)NC1C(C)C(=O)C(=N)C(=O)OCc1ccccc1[N+](=O)[O-]. The number of para-hydroxylation sites is 1. The van der Waals surface area contributed by atoms with E-state index >= 15 is 0 Å². The van der Waals surface area contributed by atoms with E-state index in [2.05, 4.69) is 5.32 Å². The average Bonchev–Trinajstić information content (AvgIpc) is 2.61. The van der Waals surface area contributed by atoms with E-state index < -0.39 is 58.9 Å². The standard InChI is InChI=1S/C17H19N3O7/c1-8(14-12(9(2)21)16(23)19-14)15(22)13(18)17(24)27-7-10-5-3-4-6-11(10)20(25)26/h3-6,8-9,12,14,18,21H,7H2,1-2H3,(H,19,23). The smallest absolute Gasteiger partial charge is 0.360 e. The molecule has 10 nitrogen and oxygen atoms in total. The van der Waals surface area contributed by atoms with Gasteiger partial charge in [-0.1, -0.05) is 19.1 Å². The highest BCUT2D eigenvalue weighted by molar-refractivity contribution is 6.63. The van der Waals surface area contributed by atoms with Gasteiger partial charge in [-0.25, -0.2) is 4.79 Å². The molecular formula is C17H19N3O7. The third-order valence-electron chi connectivity index (χ3n) is 4.47. The predicted molar refractivity (Wildman–Crippen MR) is 91.9 cm³/mol. The summed E-state index contributed by atoms with van der Waals surface area (Å²) in [6.07, 6.45) is -0.973. The average molecular weight is 377 g/mol. The van der Waals surface area contributed by atoms with Crippen LogP contribution in [0.2, 0.25) is 0 Å². The number of hydrogen-bond acceptors (Lipinski definition) is 8. The summed E-state index contributed by atoms with van der Waals surface area (Å²) < 4.78 is 4.85. The monoisotopic (exact) mass is 377 g/mol. The summed E-state index contributed by atoms with van der Waals surface area (Å²) in [5.74, 6) is -4.17. The van der Waals surface area contributed by atoms with Crippen LogP contribution in [0.3, 0.4) is 0 Å². The molecule has 4 unspecified atom stereocenters. The van der Waals surface area contributed by atoms with Crippen molar-refractivity contribution in [2.45, 2.75) is 32.6 Å². The number of ether oxygens (including phenoxy) is 1. The second-order valence-corrected chi connectivity index (χ2v) is 6.29. The van der Waals surface area contributed by atoms with E-state index in [0.29, 0.717) is 0 Å². The van der Waals surface area contributed by atoms with Gasteiger partial charge in [-0.05, 0) is 13.0 Å². The zero-order valence-electron chi connectivity index (χ0n) is 14.7. The van der Waals surface area contributed by atoms with Gasteiger partial charge in [0.05, 0.1) is 28.6 Å². The molecule has 3 N–H and O–H groups in total. The predicted octanol–water partition coefficient (Wildman–Crippen LogP) is 0.358. The van der Waals surface area contributed by atoms with E-state index in [4.69, 9.17) is 10.1 Å². The van der Waals surface area contributed by atoms with E-state index in [0.717, 1.165) is 0 Å². The van der Waals surface area contributed by atoms with Crippen LogP contribution in [0.5, 0.6) is 0 Å². The Morgan fingerprint density at radius 2 is 2.00 bits per heavy atom. The fourth-order valence-corrected chi connectivity index (χ4v) is 2.89. The van der Waals surface area contributed by atoms with Gasteiger partial charge in [0.15, 0.2) is 11.5 Å². The lowest BCUT2D eigenvalue weighted by molar-refractivity contribution is -0.385. The summed E-state index contributed by atoms with van der Waals surface area (Å²) in [6.45, 7) is 2.39. The van der Waals surface area contributed by atoms with Gasteiger partial charge < -0.3 is 15.2 Å². The van der Waals surface area contributed by atoms with Crippen molar-refractivity contribution in [2.75, 3.05) is 0 Å². The Hall–Kier alpha value is -3.14. The van der Waals surface area contributed by atoms with Crippen molar-refractivity contribution >= 4 is 29.1 Å². The number of nitro benzene ring substituents is 1. The molecule has 0 bridgehead atoms. The van der Waals surface area contributed by atoms with Crippen LogP contribution in [0.1, 0.15) is 19.4 Å². The Labute approximate surface area is 154 Å². The van der Waals surface area contributed by atoms with Gasteiger partial charge in [0.25, 0.3) is 5.69 Å². The molecule has 1 amide bonds. The van der Waals surface area contributed by atoms with Gasteiger partial charge in [-0.3, -0.25) is 25.1 Å². The molecule has 1 aliphatic rings. The molecule has 0 aromatic heterocycles. The van der Waals surface area contributed by atoms with Gasteiger partial charge in [0, 0.05) is 12.0 Å². The van der Waals surface area contributed by atoms with Crippen LogP contribution in [0, 0.1) is 27.4 Å². The molecule has 0 spiro atoms. The minimum atomic E-state index is -1.22. The van der Waals surface area contributed by atoms with Gasteiger partial charge in [-0.15, -0.1) is 0 Å². The molecule has 1 aromatic carbocycles. The summed E-state index contributed by atoms with van der Waals surface area (Å²) in [5, 5.41) is 30.7. The van der Waals surface area contributed by atoms with E-state index in [1.165, 1.54) is 38.1 Å². The first-order valence-electron chi connectivity index (χ1n) is 8.15. The maximum absolute atomic E-state index is 12.3. The zero-order valence-corrected chi connectivity index (χ0v) is 14.7. The van der Waals surface area contributed by atoms with Crippen LogP contribution in [0.15, 0.2) is 24.3 Å². The van der Waals surface area contributed by atoms with E-state index in [1.54, 1.807) is 0 Å². The minimum absolute atomic E-state index is 0.129. The van der Waals surface area contributed by atoms with Crippen molar-refractivity contribution in [1.82, 2.24) is 5.32 Å². The Morgan fingerprint density at radius 1 is 1.37 bits per heavy atom. The van der Waals surface area contributed by atoms with Gasteiger partial charge in [-0.2, -0.15) is 0 Å². The number of esters is 1. The number of aliphatic hydroxyl groups excluding tert-OH is 1. The number of carbonyl (C=O) groups is 3. The third kappa shape index (κ3) is 4.17. The second-order valence-electron chi connectivity index (χ2n) is 6.29. The molecule has 0 aliphatic carbocycles. The molecule has 2 rings (SSSR count). The maximum Gasteiger partial charge on any atom is 0.360 e. The number of nitrogens with zero attached hydrogens (tertiary/aromatic N) is 1. The van der Waals surface area contributed by atoms with Crippen LogP contribution in [0.4, 0.5) is 5.69 Å². The highest BCUT2D eigenvalue weighted by Gasteiger charge is 2.48. The fraction of sp³-hybridized carbons (Fsp3) is 0.412. The number of nitro groups is 1. The van der Waals surface area contributed by atoms with Crippen LogP contribution in [-0.4, -0.2) is 45.5 Å². The number of nitrogens with one attached hydrogen (secondary N) is 2. The van der Waals surface area contributed by atoms with Crippen molar-refractivity contribution < 1.29 is 29.2 Å². The summed E-state index contributed by atoms with van der Waals surface area (Å²) in [7, 11) is 0. The molecule has 0 radical (unpaired) electrons. The third-order valence-corrected chi connectivity index (χ3v) is 4.47. The quantitative estimate of drug-likeness (QED) is 0.147. The molecule has 1 aliphatic heterocycles. The number of carbonyl (C=O) groups excluding carboxylic acids is 3. The first kappa shape index (κ1) is 20.2. The van der Waals surface area contributed by atoms with Crippen molar-refractivity contribution in [2.24, 2.45) is 11.8 Å². The van der Waals surface area contributed by atoms with E-state index in [-0.39, 0.29) is 11.3 Å². The van der Waals surface area contributed by atoms with Crippen molar-refractivity contribution in [1.29, 1.82) is 5.41 Å². The number of β-lactam (4-membered cyclic amide) rings is 1. The minimum Gasteiger partial charge on any atom is -0.456 e. The van der Waals surface area contributed by atoms with Crippen LogP contribution >= 0.6 is 0 Å². The topological polar surface area (TPSA) is 160 Å². The highest BCUT2D eigenvalue weighted by Crippen LogP contribution is 2.26. The Balaban J connectivity index is 1.99. The molecule has 1 aromatic rings. The summed E-state index contributed by atoms with van der Waals surface area (Å²) in [5.41, 5.74) is -1.04. The van der Waals surface area contributed by atoms with Crippen LogP contribution < -0.4 is 5.32 Å². The number of rotatable bonds is 8. The number of benzene rings is 1. The largest absolute Gasteiger partial charge is 0.456 e. The first-order valence-corrected chi connectivity index (χ1v) is 8.15. The zero-order chi connectivity index (χ0) is 20.3. The van der Waals surface area contributed by atoms with Crippen LogP contribution in [0.25, 0.3) is 0 Å². The number of Topliss-reactive ketones (excluding diaryl/α,β-unsaturated/α-hetero) is 1. The highest BCUT2D eigenvalue weighted by atomic mass is 16.6. The first-order chi connectivity index (χ1) is 12.6. The lowest BCUT2D eigenvalue weighted by atomic mass is 9.76. The Bertz CT molecular complexity index is 805. The van der Waals surface area contributed by atoms with Crippen molar-refractivity contribution in [3.8, 4) is 0 Å². The normalized spacial score (nSPS) is 20.6. The van der Waals surface area contributed by atoms with Crippen molar-refractivity contribution in [3.05, 3.63) is 39.9 Å². The Morgan fingerprint density at radius 3 is 2.56 bits per heavy atom. The van der Waals surface area contributed by atoms with Crippen LogP contribution in [-0.2, 0) is 25.7 Å². The maximum atomic E-state index is 12.3. The molecule has 0 saturated carbocycles. The summed E-state index contributed by atoms with van der Waals surface area (Å²) in [6, 6.07) is 4.95. The summed E-state index contributed by atoms with van der Waals surface area (Å²) >= 11 is 0. The lowest BCUT2D eigenvalue weighted by Gasteiger charge is -2.41. The van der Waals surface area contributed by atoms with Gasteiger partial charge in [0.1, 0.15) is 6.61 Å². The van der Waals surface area contributed by atoms with E-state index in [1.807, 2.05) is 0 Å². The Kier molecular flexibility index (Phi) is 6.01. The van der Waals surface area contributed by atoms with Gasteiger partial charge in [0.2, 0.25) is 5.91 Å². The fourth-order valence-electron chi connectivity index (χ4n) is 2.89. The van der Waals surface area contributed by atoms with Crippen molar-refractivity contribution in [3.63, 3.8) is 0 Å². The molecule has 27 heavy (non-hydrogen) atoms. The van der Waals surface area contributed by atoms with Gasteiger partial charge >= 0.3 is 5.97 Å². The number of amides is 1. The van der Waals surface area contributed by atoms with E-state index in [9.17, 15) is 29.6 Å². The molecular weight excluding hydrogens is 358 g/mol. The number of aliphatic hydroxyl groups is 1. The number of ketones is 1. The molecule has 1 saturated heterocycles. The molecule has 4 atom stereocenters. The molecule has 1 fully saturated rings.